The highest BCUT2D eigenvalue weighted by Crippen LogP contribution is 2.41. The zero-order valence-corrected chi connectivity index (χ0v) is 15.3. The summed E-state index contributed by atoms with van der Waals surface area (Å²) in [6.45, 7) is 2.06. The smallest absolute Gasteiger partial charge is 0.156 e. The molecule has 5 N–H and O–H groups in total. The number of aromatic amines is 1. The zero-order valence-electron chi connectivity index (χ0n) is 15.3. The molecule has 3 heterocycles. The summed E-state index contributed by atoms with van der Waals surface area (Å²) in [5.74, 6) is 0.714. The topological polar surface area (TPSA) is 106 Å². The Labute approximate surface area is 161 Å². The number of fused-ring (bicyclic) bond motifs is 2. The maximum atomic E-state index is 6.27. The molecule has 0 spiro atoms. The third kappa shape index (κ3) is 2.39. The third-order valence-corrected chi connectivity index (χ3v) is 5.06. The molecule has 3 aromatic heterocycles. The highest BCUT2D eigenvalue weighted by molar-refractivity contribution is 6.09. The number of hydrogen-bond donors (Lipinski definition) is 3. The quantitative estimate of drug-likeness (QED) is 0.431. The van der Waals surface area contributed by atoms with Crippen molar-refractivity contribution >= 4 is 33.4 Å². The summed E-state index contributed by atoms with van der Waals surface area (Å²) in [4.78, 5) is 9.16. The summed E-state index contributed by atoms with van der Waals surface area (Å²) >= 11 is 0. The molecular weight excluding hydrogens is 348 g/mol. The van der Waals surface area contributed by atoms with Crippen molar-refractivity contribution < 1.29 is 0 Å². The maximum absolute atomic E-state index is 6.27. The van der Waals surface area contributed by atoms with Crippen molar-refractivity contribution in [2.24, 2.45) is 0 Å². The molecule has 0 unspecified atom stereocenters. The van der Waals surface area contributed by atoms with Gasteiger partial charge in [0.05, 0.1) is 22.1 Å². The van der Waals surface area contributed by atoms with Crippen LogP contribution in [-0.4, -0.2) is 20.2 Å². The van der Waals surface area contributed by atoms with E-state index < -0.39 is 0 Å². The summed E-state index contributed by atoms with van der Waals surface area (Å²) in [5.41, 5.74) is 18.9. The second-order valence-corrected chi connectivity index (χ2v) is 6.81. The van der Waals surface area contributed by atoms with Crippen LogP contribution in [-0.2, 0) is 0 Å². The van der Waals surface area contributed by atoms with Gasteiger partial charge in [-0.3, -0.25) is 10.1 Å². The van der Waals surface area contributed by atoms with Crippen LogP contribution in [0.5, 0.6) is 0 Å². The molecule has 6 nitrogen and oxygen atoms in total. The van der Waals surface area contributed by atoms with E-state index in [4.69, 9.17) is 16.5 Å². The fourth-order valence-corrected chi connectivity index (χ4v) is 3.69. The van der Waals surface area contributed by atoms with Gasteiger partial charge in [0, 0.05) is 22.7 Å². The van der Waals surface area contributed by atoms with Crippen LogP contribution in [0.25, 0.3) is 44.2 Å². The molecule has 0 aliphatic heterocycles. The van der Waals surface area contributed by atoms with Crippen molar-refractivity contribution in [3.05, 3.63) is 66.4 Å². The summed E-state index contributed by atoms with van der Waals surface area (Å²) in [7, 11) is 0. The minimum atomic E-state index is 0.347. The normalized spacial score (nSPS) is 11.3. The Balaban J connectivity index is 1.91. The highest BCUT2D eigenvalue weighted by Gasteiger charge is 2.20. The largest absolute Gasteiger partial charge is 0.383 e. The molecule has 0 bridgehead atoms. The van der Waals surface area contributed by atoms with Gasteiger partial charge < -0.3 is 11.5 Å². The van der Waals surface area contributed by atoms with Crippen molar-refractivity contribution in [2.75, 3.05) is 11.5 Å². The first kappa shape index (κ1) is 16.3. The van der Waals surface area contributed by atoms with Crippen LogP contribution < -0.4 is 11.5 Å². The van der Waals surface area contributed by atoms with Crippen molar-refractivity contribution in [3.63, 3.8) is 0 Å². The average Bonchev–Trinajstić information content (AvgIpc) is 3.10. The summed E-state index contributed by atoms with van der Waals surface area (Å²) < 4.78 is 0. The Morgan fingerprint density at radius 1 is 0.929 bits per heavy atom. The first-order valence-corrected chi connectivity index (χ1v) is 8.97. The van der Waals surface area contributed by atoms with Crippen LogP contribution in [0.15, 0.2) is 60.8 Å². The Morgan fingerprint density at radius 2 is 1.79 bits per heavy atom. The van der Waals surface area contributed by atoms with Gasteiger partial charge in [0.25, 0.3) is 0 Å². The number of rotatable bonds is 2. The van der Waals surface area contributed by atoms with E-state index in [1.807, 2.05) is 36.4 Å². The van der Waals surface area contributed by atoms with Gasteiger partial charge in [-0.15, -0.1) is 0 Å². The molecule has 0 atom stereocenters. The average molecular weight is 366 g/mol. The highest BCUT2D eigenvalue weighted by atomic mass is 15.2. The number of nitrogens with one attached hydrogen (secondary N) is 1. The number of hydrogen-bond acceptors (Lipinski definition) is 5. The van der Waals surface area contributed by atoms with E-state index in [0.29, 0.717) is 17.0 Å². The van der Waals surface area contributed by atoms with Crippen LogP contribution in [0.1, 0.15) is 5.56 Å². The van der Waals surface area contributed by atoms with Gasteiger partial charge >= 0.3 is 0 Å². The Bertz CT molecular complexity index is 1350. The number of nitrogens with zero attached hydrogens (tertiary/aromatic N) is 3. The van der Waals surface area contributed by atoms with Crippen molar-refractivity contribution in [3.8, 4) is 22.4 Å². The molecule has 136 valence electrons. The van der Waals surface area contributed by atoms with E-state index in [1.54, 1.807) is 6.20 Å². The number of benzene rings is 2. The maximum Gasteiger partial charge on any atom is 0.156 e. The second kappa shape index (κ2) is 6.06. The predicted octanol–water partition coefficient (Wildman–Crippen LogP) is 4.31. The first-order valence-electron chi connectivity index (χ1n) is 8.97. The number of nitrogen functional groups attached to an aromatic ring is 2. The van der Waals surface area contributed by atoms with Gasteiger partial charge in [0.1, 0.15) is 5.82 Å². The molecule has 0 aliphatic rings. The molecule has 0 aliphatic carbocycles. The van der Waals surface area contributed by atoms with Gasteiger partial charge in [0.2, 0.25) is 0 Å². The number of pyridine rings is 2. The van der Waals surface area contributed by atoms with Gasteiger partial charge in [-0.25, -0.2) is 4.98 Å². The number of anilines is 2. The van der Waals surface area contributed by atoms with Gasteiger partial charge in [0.15, 0.2) is 5.82 Å². The molecule has 2 aromatic carbocycles. The van der Waals surface area contributed by atoms with Crippen LogP contribution in [0.2, 0.25) is 0 Å². The SMILES string of the molecule is Cc1ccccc1-c1nc(N)c2c(N)n[nH]c2c1-c1ccc2ncccc2c1. The lowest BCUT2D eigenvalue weighted by Gasteiger charge is -2.14. The van der Waals surface area contributed by atoms with Crippen molar-refractivity contribution in [1.82, 2.24) is 20.2 Å². The van der Waals surface area contributed by atoms with Crippen molar-refractivity contribution in [1.29, 1.82) is 0 Å². The van der Waals surface area contributed by atoms with Crippen LogP contribution in [0.4, 0.5) is 11.6 Å². The van der Waals surface area contributed by atoms with E-state index in [9.17, 15) is 0 Å². The van der Waals surface area contributed by atoms with E-state index in [0.717, 1.165) is 44.4 Å². The molecular formula is C22H18N6. The molecule has 5 rings (SSSR count). The minimum Gasteiger partial charge on any atom is -0.383 e. The molecule has 0 fully saturated rings. The Morgan fingerprint density at radius 3 is 2.64 bits per heavy atom. The number of nitrogens with two attached hydrogens (primary N) is 2. The molecule has 0 saturated heterocycles. The first-order chi connectivity index (χ1) is 13.6. The lowest BCUT2D eigenvalue weighted by atomic mass is 9.94. The van der Waals surface area contributed by atoms with Gasteiger partial charge in [-0.1, -0.05) is 36.4 Å². The minimum absolute atomic E-state index is 0.347. The standard InChI is InChI=1S/C22H18N6/c1-12-5-2-3-7-15(12)19-17(20-18(21(23)26-19)22(24)28-27-20)14-8-9-16-13(11-14)6-4-10-25-16/h2-11H,1H3,(H2,23,26)(H3,24,27,28). The van der Waals surface area contributed by atoms with E-state index >= 15 is 0 Å². The van der Waals surface area contributed by atoms with Crippen molar-refractivity contribution in [2.45, 2.75) is 6.92 Å². The number of aryl methyl sites for hydroxylation is 1. The molecule has 0 amide bonds. The monoisotopic (exact) mass is 366 g/mol. The van der Waals surface area contributed by atoms with Crippen LogP contribution >= 0.6 is 0 Å². The number of aromatic nitrogens is 4. The zero-order chi connectivity index (χ0) is 19.3. The van der Waals surface area contributed by atoms with Gasteiger partial charge in [-0.05, 0) is 36.2 Å². The van der Waals surface area contributed by atoms with E-state index in [2.05, 4.69) is 40.3 Å². The summed E-state index contributed by atoms with van der Waals surface area (Å²) in [6.07, 6.45) is 1.79. The van der Waals surface area contributed by atoms with Crippen LogP contribution in [0, 0.1) is 6.92 Å². The third-order valence-electron chi connectivity index (χ3n) is 5.06. The predicted molar refractivity (Wildman–Crippen MR) is 114 cm³/mol. The molecule has 0 saturated carbocycles. The lowest BCUT2D eigenvalue weighted by molar-refractivity contribution is 1.13. The number of H-pyrrole nitrogens is 1. The summed E-state index contributed by atoms with van der Waals surface area (Å²) in [5, 5.41) is 8.95. The second-order valence-electron chi connectivity index (χ2n) is 6.81. The summed E-state index contributed by atoms with van der Waals surface area (Å²) in [6, 6.07) is 18.3. The Kier molecular flexibility index (Phi) is 3.52. The molecule has 28 heavy (non-hydrogen) atoms. The fraction of sp³-hybridized carbons (Fsp3) is 0.0455. The van der Waals surface area contributed by atoms with Gasteiger partial charge in [-0.2, -0.15) is 5.10 Å². The Hall–Kier alpha value is -3.93. The van der Waals surface area contributed by atoms with E-state index in [1.165, 1.54) is 0 Å². The molecule has 6 heteroatoms. The van der Waals surface area contributed by atoms with Crippen LogP contribution in [0.3, 0.4) is 0 Å². The molecule has 5 aromatic rings. The lowest BCUT2D eigenvalue weighted by Crippen LogP contribution is -2.00. The van der Waals surface area contributed by atoms with E-state index in [-0.39, 0.29) is 0 Å². The molecule has 0 radical (unpaired) electrons. The fourth-order valence-electron chi connectivity index (χ4n) is 3.69.